The van der Waals surface area contributed by atoms with Crippen LogP contribution in [-0.2, 0) is 57.1 Å². The summed E-state index contributed by atoms with van der Waals surface area (Å²) in [5, 5.41) is 0. The Balaban J connectivity index is 1.02. The van der Waals surface area contributed by atoms with Crippen LogP contribution in [0, 0.1) is 11.8 Å². The first-order valence-corrected chi connectivity index (χ1v) is 18.8. The Morgan fingerprint density at radius 3 is 1.24 bits per heavy atom. The van der Waals surface area contributed by atoms with E-state index in [1.807, 2.05) is 0 Å². The molecule has 4 fully saturated rings. The first kappa shape index (κ1) is 40.0. The monoisotopic (exact) mass is 706 g/mol. The van der Waals surface area contributed by atoms with E-state index < -0.39 is 24.4 Å². The molecule has 0 bridgehead atoms. The number of esters is 4. The predicted molar refractivity (Wildman–Crippen MR) is 182 cm³/mol. The van der Waals surface area contributed by atoms with E-state index in [-0.39, 0.29) is 61.1 Å². The third-order valence-electron chi connectivity index (χ3n) is 10.1. The maximum absolute atomic E-state index is 13.0. The highest BCUT2D eigenvalue weighted by Gasteiger charge is 2.52. The summed E-state index contributed by atoms with van der Waals surface area (Å²) in [7, 11) is 0. The molecule has 0 radical (unpaired) electrons. The summed E-state index contributed by atoms with van der Waals surface area (Å²) in [5.41, 5.74) is 0. The van der Waals surface area contributed by atoms with Crippen LogP contribution in [-0.4, -0.2) is 100 Å². The maximum atomic E-state index is 13.0. The second-order valence-corrected chi connectivity index (χ2v) is 13.8. The summed E-state index contributed by atoms with van der Waals surface area (Å²) in [5.74, 6) is -1.53. The van der Waals surface area contributed by atoms with E-state index in [2.05, 4.69) is 13.2 Å². The van der Waals surface area contributed by atoms with Crippen molar-refractivity contribution in [1.29, 1.82) is 0 Å². The largest absolute Gasteiger partial charge is 0.463 e. The van der Waals surface area contributed by atoms with Crippen molar-refractivity contribution in [2.75, 3.05) is 39.6 Å². The molecule has 50 heavy (non-hydrogen) atoms. The number of rotatable bonds is 22. The zero-order valence-corrected chi connectivity index (χ0v) is 29.6. The lowest BCUT2D eigenvalue weighted by Gasteiger charge is -2.28. The van der Waals surface area contributed by atoms with Gasteiger partial charge in [-0.15, -0.1) is 0 Å². The van der Waals surface area contributed by atoms with Gasteiger partial charge in [-0.25, -0.2) is 9.59 Å². The van der Waals surface area contributed by atoms with Crippen molar-refractivity contribution in [3.63, 3.8) is 0 Å². The van der Waals surface area contributed by atoms with Crippen LogP contribution in [0.2, 0.25) is 0 Å². The van der Waals surface area contributed by atoms with Crippen LogP contribution >= 0.6 is 0 Å². The number of hydrogen-bond acceptors (Lipinski definition) is 12. The smallest absolute Gasteiger partial charge is 0.330 e. The fraction of sp³-hybridized carbons (Fsp3) is 0.789. The first-order chi connectivity index (χ1) is 24.4. The molecule has 4 rings (SSSR count). The molecule has 2 saturated heterocycles. The van der Waals surface area contributed by atoms with E-state index in [1.165, 1.54) is 12.2 Å². The van der Waals surface area contributed by atoms with Crippen LogP contribution in [0.15, 0.2) is 25.3 Å². The van der Waals surface area contributed by atoms with Crippen LogP contribution < -0.4 is 0 Å². The van der Waals surface area contributed by atoms with E-state index in [9.17, 15) is 19.2 Å². The molecular weight excluding hydrogens is 648 g/mol. The molecule has 2 saturated carbocycles. The van der Waals surface area contributed by atoms with Gasteiger partial charge in [0.2, 0.25) is 0 Å². The minimum absolute atomic E-state index is 0.160. The molecule has 4 atom stereocenters. The minimum Gasteiger partial charge on any atom is -0.463 e. The van der Waals surface area contributed by atoms with Gasteiger partial charge in [0.1, 0.15) is 12.2 Å². The highest BCUT2D eigenvalue weighted by molar-refractivity contribution is 5.81. The molecule has 4 aliphatic rings. The Bertz CT molecular complexity index is 994. The Labute approximate surface area is 296 Å². The van der Waals surface area contributed by atoms with Crippen LogP contribution in [0.3, 0.4) is 0 Å². The molecule has 0 N–H and O–H groups in total. The lowest BCUT2D eigenvalue weighted by atomic mass is 9.87. The minimum atomic E-state index is -0.507. The van der Waals surface area contributed by atoms with E-state index in [0.717, 1.165) is 103 Å². The number of carbonyl (C=O) groups is 4. The van der Waals surface area contributed by atoms with Gasteiger partial charge in [-0.2, -0.15) is 0 Å². The van der Waals surface area contributed by atoms with Crippen molar-refractivity contribution >= 4 is 23.9 Å². The third kappa shape index (κ3) is 13.4. The molecular formula is C38H58O12. The van der Waals surface area contributed by atoms with Gasteiger partial charge in [-0.3, -0.25) is 9.59 Å². The van der Waals surface area contributed by atoms with E-state index in [4.69, 9.17) is 37.9 Å². The summed E-state index contributed by atoms with van der Waals surface area (Å²) in [6.07, 6.45) is 14.6. The topological polar surface area (TPSA) is 142 Å². The summed E-state index contributed by atoms with van der Waals surface area (Å²) in [6, 6.07) is 0. The zero-order chi connectivity index (χ0) is 35.6. The number of carbonyl (C=O) groups excluding carboxylic acids is 4. The Kier molecular flexibility index (Phi) is 17.8. The fourth-order valence-corrected chi connectivity index (χ4v) is 7.13. The second-order valence-electron chi connectivity index (χ2n) is 13.8. The summed E-state index contributed by atoms with van der Waals surface area (Å²) < 4.78 is 45.7. The van der Waals surface area contributed by atoms with Gasteiger partial charge in [0.25, 0.3) is 0 Å². The van der Waals surface area contributed by atoms with Gasteiger partial charge in [0, 0.05) is 25.4 Å². The van der Waals surface area contributed by atoms with E-state index in [0.29, 0.717) is 26.4 Å². The zero-order valence-electron chi connectivity index (χ0n) is 29.6. The number of ether oxygens (including phenoxy) is 8. The van der Waals surface area contributed by atoms with Crippen LogP contribution in [0.1, 0.15) is 103 Å². The standard InChI is InChI=1S/C38H58O12/c1-3-33(39)45-23-11-7-5-9-21-43-29-17-13-27(14-18-29)37(41)49-31-25-47-36-32(26-48-35(31)36)50-38(42)28-15-19-30(20-16-28)44-22-10-6-8-12-24-46-34(40)4-2/h3-4,27-32,35-36H,1-2,5-26H2/t27?,28?,29?,30?,31-,32-,35-,36-/m1/s1. The van der Waals surface area contributed by atoms with Crippen molar-refractivity contribution in [2.45, 2.75) is 139 Å². The lowest BCUT2D eigenvalue weighted by Crippen LogP contribution is -2.38. The molecule has 282 valence electrons. The maximum Gasteiger partial charge on any atom is 0.330 e. The average Bonchev–Trinajstić information content (AvgIpc) is 3.73. The Hall–Kier alpha value is -2.80. The highest BCUT2D eigenvalue weighted by atomic mass is 16.7. The lowest BCUT2D eigenvalue weighted by molar-refractivity contribution is -0.162. The van der Waals surface area contributed by atoms with Crippen molar-refractivity contribution < 1.29 is 57.1 Å². The van der Waals surface area contributed by atoms with Gasteiger partial charge in [-0.1, -0.05) is 26.0 Å². The van der Waals surface area contributed by atoms with Gasteiger partial charge >= 0.3 is 23.9 Å². The quantitative estimate of drug-likeness (QED) is 0.0621. The van der Waals surface area contributed by atoms with Crippen LogP contribution in [0.25, 0.3) is 0 Å². The molecule has 0 aromatic carbocycles. The third-order valence-corrected chi connectivity index (χ3v) is 10.1. The fourth-order valence-electron chi connectivity index (χ4n) is 7.13. The normalized spacial score (nSPS) is 29.0. The number of hydrogen-bond donors (Lipinski definition) is 0. The van der Waals surface area contributed by atoms with E-state index >= 15 is 0 Å². The van der Waals surface area contributed by atoms with Crippen molar-refractivity contribution in [3.8, 4) is 0 Å². The molecule has 12 heteroatoms. The van der Waals surface area contributed by atoms with Crippen LogP contribution in [0.4, 0.5) is 0 Å². The molecule has 0 aromatic rings. The van der Waals surface area contributed by atoms with Gasteiger partial charge in [0.05, 0.1) is 50.5 Å². The number of fused-ring (bicyclic) bond motifs is 1. The average molecular weight is 707 g/mol. The molecule has 0 amide bonds. The Morgan fingerprint density at radius 1 is 0.520 bits per heavy atom. The van der Waals surface area contributed by atoms with Crippen molar-refractivity contribution in [3.05, 3.63) is 25.3 Å². The van der Waals surface area contributed by atoms with Crippen LogP contribution in [0.5, 0.6) is 0 Å². The highest BCUT2D eigenvalue weighted by Crippen LogP contribution is 2.35. The first-order valence-electron chi connectivity index (χ1n) is 18.8. The van der Waals surface area contributed by atoms with E-state index in [1.54, 1.807) is 0 Å². The van der Waals surface area contributed by atoms with Crippen molar-refractivity contribution in [2.24, 2.45) is 11.8 Å². The SMILES string of the molecule is C=CC(=O)OCCCCCCOC1CCC(C(=O)O[C@@H]2CO[C@H]3[C@@H]2OC[C@H]3OC(=O)C2CCC(OCCCCCCOC(=O)C=C)CC2)CC1. The Morgan fingerprint density at radius 2 is 0.880 bits per heavy atom. The number of unbranched alkanes of at least 4 members (excludes halogenated alkanes) is 6. The van der Waals surface area contributed by atoms with Gasteiger partial charge in [-0.05, 0) is 89.9 Å². The molecule has 2 aliphatic carbocycles. The molecule has 2 aliphatic heterocycles. The summed E-state index contributed by atoms with van der Waals surface area (Å²) >= 11 is 0. The molecule has 0 spiro atoms. The van der Waals surface area contributed by atoms with Crippen molar-refractivity contribution in [1.82, 2.24) is 0 Å². The summed E-state index contributed by atoms with van der Waals surface area (Å²) in [4.78, 5) is 48.2. The molecule has 0 aromatic heterocycles. The predicted octanol–water partition coefficient (Wildman–Crippen LogP) is 5.34. The molecule has 2 heterocycles. The molecule has 12 nitrogen and oxygen atoms in total. The van der Waals surface area contributed by atoms with Gasteiger partial charge < -0.3 is 37.9 Å². The second kappa shape index (κ2) is 22.2. The molecule has 0 unspecified atom stereocenters. The summed E-state index contributed by atoms with van der Waals surface area (Å²) in [6.45, 7) is 9.44. The van der Waals surface area contributed by atoms with Gasteiger partial charge in [0.15, 0.2) is 12.2 Å².